The van der Waals surface area contributed by atoms with Crippen molar-refractivity contribution in [2.45, 2.75) is 18.7 Å². The van der Waals surface area contributed by atoms with Crippen LogP contribution in [-0.2, 0) is 10.0 Å². The van der Waals surface area contributed by atoms with Gasteiger partial charge in [-0.1, -0.05) is 18.2 Å². The number of aryl methyl sites for hydroxylation is 2. The number of nitrogens with one attached hydrogen (secondary N) is 2. The Bertz CT molecular complexity index is 853. The van der Waals surface area contributed by atoms with Crippen molar-refractivity contribution in [3.05, 3.63) is 71.8 Å². The highest BCUT2D eigenvalue weighted by atomic mass is 32.2. The van der Waals surface area contributed by atoms with Gasteiger partial charge in [0.05, 0.1) is 4.90 Å². The molecule has 5 nitrogen and oxygen atoms in total. The van der Waals surface area contributed by atoms with Crippen LogP contribution in [0.4, 0.5) is 5.69 Å². The van der Waals surface area contributed by atoms with Crippen LogP contribution in [0.25, 0.3) is 0 Å². The smallest absolute Gasteiger partial charge is 0.261 e. The summed E-state index contributed by atoms with van der Waals surface area (Å²) in [5, 5.41) is 2.62. The van der Waals surface area contributed by atoms with Crippen molar-refractivity contribution in [2.24, 2.45) is 0 Å². The maximum atomic E-state index is 12.6. The molecule has 0 unspecified atom stereocenters. The molecule has 2 aromatic carbocycles. The molecule has 0 saturated carbocycles. The Kier molecular flexibility index (Phi) is 5.41. The minimum Gasteiger partial charge on any atom is -0.349 e. The highest BCUT2D eigenvalue weighted by Crippen LogP contribution is 2.19. The average Bonchev–Trinajstić information content (AvgIpc) is 2.51. The molecule has 0 aliphatic rings. The van der Waals surface area contributed by atoms with Gasteiger partial charge in [-0.25, -0.2) is 8.42 Å². The van der Waals surface area contributed by atoms with E-state index in [4.69, 9.17) is 0 Å². The highest BCUT2D eigenvalue weighted by Gasteiger charge is 2.16. The number of benzene rings is 2. The van der Waals surface area contributed by atoms with E-state index in [0.29, 0.717) is 12.2 Å². The lowest BCUT2D eigenvalue weighted by atomic mass is 10.1. The van der Waals surface area contributed by atoms with Crippen molar-refractivity contribution in [1.29, 1.82) is 0 Å². The van der Waals surface area contributed by atoms with Gasteiger partial charge in [0.2, 0.25) is 0 Å². The Labute approximate surface area is 142 Å². The molecule has 126 valence electrons. The first-order chi connectivity index (χ1) is 11.3. The first kappa shape index (κ1) is 17.7. The van der Waals surface area contributed by atoms with E-state index in [9.17, 15) is 13.2 Å². The standard InChI is InChI=1S/C18H20N2O3S/c1-4-8-19-18(21)15-6-5-7-17(12-15)24(22,23)20-16-10-13(2)9-14(3)11-16/h4-7,9-12,20H,1,8H2,2-3H3,(H,19,21). The Morgan fingerprint density at radius 1 is 1.12 bits per heavy atom. The summed E-state index contributed by atoms with van der Waals surface area (Å²) in [5.74, 6) is -0.349. The van der Waals surface area contributed by atoms with Crippen LogP contribution in [0, 0.1) is 13.8 Å². The predicted molar refractivity (Wildman–Crippen MR) is 95.7 cm³/mol. The zero-order valence-corrected chi connectivity index (χ0v) is 14.5. The lowest BCUT2D eigenvalue weighted by Crippen LogP contribution is -2.23. The lowest BCUT2D eigenvalue weighted by Gasteiger charge is -2.11. The van der Waals surface area contributed by atoms with Crippen molar-refractivity contribution in [2.75, 3.05) is 11.3 Å². The maximum absolute atomic E-state index is 12.6. The number of carbonyl (C=O) groups is 1. The van der Waals surface area contributed by atoms with Crippen molar-refractivity contribution >= 4 is 21.6 Å². The molecule has 0 aliphatic heterocycles. The summed E-state index contributed by atoms with van der Waals surface area (Å²) < 4.78 is 27.7. The quantitative estimate of drug-likeness (QED) is 0.791. The molecule has 0 spiro atoms. The summed E-state index contributed by atoms with van der Waals surface area (Å²) in [7, 11) is -3.77. The molecule has 0 heterocycles. The molecule has 0 atom stereocenters. The molecule has 2 aromatic rings. The minimum atomic E-state index is -3.77. The molecular weight excluding hydrogens is 324 g/mol. The highest BCUT2D eigenvalue weighted by molar-refractivity contribution is 7.92. The predicted octanol–water partition coefficient (Wildman–Crippen LogP) is 3.02. The summed E-state index contributed by atoms with van der Waals surface area (Å²) in [4.78, 5) is 12.0. The molecule has 0 saturated heterocycles. The third-order valence-electron chi connectivity index (χ3n) is 3.29. The molecule has 0 bridgehead atoms. The molecule has 0 aliphatic carbocycles. The summed E-state index contributed by atoms with van der Waals surface area (Å²) in [6.45, 7) is 7.64. The number of anilines is 1. The van der Waals surface area contributed by atoms with Gasteiger partial charge in [0, 0.05) is 17.8 Å². The van der Waals surface area contributed by atoms with Gasteiger partial charge in [0.15, 0.2) is 0 Å². The van der Waals surface area contributed by atoms with E-state index in [2.05, 4.69) is 16.6 Å². The normalized spacial score (nSPS) is 10.9. The summed E-state index contributed by atoms with van der Waals surface area (Å²) in [6.07, 6.45) is 1.56. The van der Waals surface area contributed by atoms with Crippen LogP contribution in [0.2, 0.25) is 0 Å². The SMILES string of the molecule is C=CCNC(=O)c1cccc(S(=O)(=O)Nc2cc(C)cc(C)c2)c1. The van der Waals surface area contributed by atoms with Crippen molar-refractivity contribution in [1.82, 2.24) is 5.32 Å². The van der Waals surface area contributed by atoms with Crippen molar-refractivity contribution < 1.29 is 13.2 Å². The van der Waals surface area contributed by atoms with Crippen molar-refractivity contribution in [3.8, 4) is 0 Å². The van der Waals surface area contributed by atoms with Gasteiger partial charge in [0.25, 0.3) is 15.9 Å². The van der Waals surface area contributed by atoms with E-state index >= 15 is 0 Å². The molecule has 6 heteroatoms. The molecule has 24 heavy (non-hydrogen) atoms. The molecule has 0 fully saturated rings. The second-order valence-corrected chi connectivity index (χ2v) is 7.19. The fourth-order valence-corrected chi connectivity index (χ4v) is 3.40. The van der Waals surface area contributed by atoms with Gasteiger partial charge >= 0.3 is 0 Å². The fourth-order valence-electron chi connectivity index (χ4n) is 2.32. The van der Waals surface area contributed by atoms with Gasteiger partial charge in [-0.15, -0.1) is 6.58 Å². The number of carbonyl (C=O) groups excluding carboxylic acids is 1. The lowest BCUT2D eigenvalue weighted by molar-refractivity contribution is 0.0958. The number of amides is 1. The second-order valence-electron chi connectivity index (χ2n) is 5.51. The Balaban J connectivity index is 2.29. The third kappa shape index (κ3) is 4.45. The van der Waals surface area contributed by atoms with Crippen LogP contribution < -0.4 is 10.0 Å². The zero-order chi connectivity index (χ0) is 17.7. The van der Waals surface area contributed by atoms with E-state index in [1.54, 1.807) is 30.3 Å². The fraction of sp³-hybridized carbons (Fsp3) is 0.167. The first-order valence-electron chi connectivity index (χ1n) is 7.42. The number of hydrogen-bond acceptors (Lipinski definition) is 3. The van der Waals surface area contributed by atoms with Gasteiger partial charge in [0.1, 0.15) is 0 Å². The summed E-state index contributed by atoms with van der Waals surface area (Å²) in [6, 6.07) is 11.4. The summed E-state index contributed by atoms with van der Waals surface area (Å²) >= 11 is 0. The topological polar surface area (TPSA) is 75.3 Å². The number of hydrogen-bond donors (Lipinski definition) is 2. The van der Waals surface area contributed by atoms with Crippen LogP contribution in [0.5, 0.6) is 0 Å². The maximum Gasteiger partial charge on any atom is 0.261 e. The van der Waals surface area contributed by atoms with E-state index in [1.807, 2.05) is 19.9 Å². The molecule has 1 amide bonds. The van der Waals surface area contributed by atoms with Crippen LogP contribution in [0.3, 0.4) is 0 Å². The summed E-state index contributed by atoms with van der Waals surface area (Å²) in [5.41, 5.74) is 2.70. The monoisotopic (exact) mass is 344 g/mol. The largest absolute Gasteiger partial charge is 0.349 e. The van der Waals surface area contributed by atoms with Gasteiger partial charge in [-0.3, -0.25) is 9.52 Å². The molecule has 0 aromatic heterocycles. The Hall–Kier alpha value is -2.60. The minimum absolute atomic E-state index is 0.0351. The van der Waals surface area contributed by atoms with Gasteiger partial charge < -0.3 is 5.32 Å². The van der Waals surface area contributed by atoms with Crippen molar-refractivity contribution in [3.63, 3.8) is 0 Å². The molecule has 0 radical (unpaired) electrons. The van der Waals surface area contributed by atoms with Crippen LogP contribution >= 0.6 is 0 Å². The van der Waals surface area contributed by atoms with Gasteiger partial charge in [-0.05, 0) is 55.3 Å². The van der Waals surface area contributed by atoms with Crippen LogP contribution in [-0.4, -0.2) is 20.9 Å². The molecular formula is C18H20N2O3S. The Morgan fingerprint density at radius 2 is 1.79 bits per heavy atom. The van der Waals surface area contributed by atoms with E-state index in [0.717, 1.165) is 11.1 Å². The van der Waals surface area contributed by atoms with Crippen LogP contribution in [0.1, 0.15) is 21.5 Å². The third-order valence-corrected chi connectivity index (χ3v) is 4.67. The number of rotatable bonds is 6. The molecule has 2 N–H and O–H groups in total. The first-order valence-corrected chi connectivity index (χ1v) is 8.90. The number of sulfonamides is 1. The molecule has 2 rings (SSSR count). The van der Waals surface area contributed by atoms with E-state index in [-0.39, 0.29) is 16.4 Å². The van der Waals surface area contributed by atoms with Crippen LogP contribution in [0.15, 0.2) is 60.0 Å². The van der Waals surface area contributed by atoms with Gasteiger partial charge in [-0.2, -0.15) is 0 Å². The second kappa shape index (κ2) is 7.31. The Morgan fingerprint density at radius 3 is 2.42 bits per heavy atom. The van der Waals surface area contributed by atoms with E-state index < -0.39 is 10.0 Å². The van der Waals surface area contributed by atoms with E-state index in [1.165, 1.54) is 12.1 Å². The average molecular weight is 344 g/mol. The zero-order valence-electron chi connectivity index (χ0n) is 13.7.